The summed E-state index contributed by atoms with van der Waals surface area (Å²) < 4.78 is 0. The van der Waals surface area contributed by atoms with Gasteiger partial charge in [0.1, 0.15) is 5.82 Å². The molecule has 0 amide bonds. The van der Waals surface area contributed by atoms with Crippen LogP contribution >= 0.6 is 23.2 Å². The van der Waals surface area contributed by atoms with E-state index < -0.39 is 0 Å². The Balaban J connectivity index is 2.27. The summed E-state index contributed by atoms with van der Waals surface area (Å²) in [6.07, 6.45) is 0. The number of aryl methyl sites for hydroxylation is 1. The molecule has 0 saturated carbocycles. The molecular formula is C13H14Cl2N4. The molecule has 0 bridgehead atoms. The summed E-state index contributed by atoms with van der Waals surface area (Å²) in [5, 5.41) is 7.39. The van der Waals surface area contributed by atoms with Crippen molar-refractivity contribution in [1.29, 1.82) is 0 Å². The molecule has 0 unspecified atom stereocenters. The first-order chi connectivity index (χ1) is 9.08. The van der Waals surface area contributed by atoms with E-state index in [1.807, 2.05) is 26.0 Å². The SMILES string of the molecule is CCNc1nc(C)cc(Nc2ccc(Cl)cc2Cl)n1. The van der Waals surface area contributed by atoms with Crippen LogP contribution in [-0.4, -0.2) is 16.5 Å². The summed E-state index contributed by atoms with van der Waals surface area (Å²) in [6.45, 7) is 4.68. The molecule has 1 heterocycles. The van der Waals surface area contributed by atoms with Crippen molar-refractivity contribution in [1.82, 2.24) is 9.97 Å². The van der Waals surface area contributed by atoms with E-state index in [9.17, 15) is 0 Å². The topological polar surface area (TPSA) is 49.8 Å². The van der Waals surface area contributed by atoms with Gasteiger partial charge in [0, 0.05) is 23.3 Å². The largest absolute Gasteiger partial charge is 0.354 e. The Morgan fingerprint density at radius 2 is 1.95 bits per heavy atom. The Morgan fingerprint density at radius 3 is 2.63 bits per heavy atom. The quantitative estimate of drug-likeness (QED) is 0.885. The van der Waals surface area contributed by atoms with Crippen LogP contribution in [0.4, 0.5) is 17.5 Å². The minimum Gasteiger partial charge on any atom is -0.354 e. The number of aromatic nitrogens is 2. The standard InChI is InChI=1S/C13H14Cl2N4/c1-3-16-13-17-8(2)6-12(19-13)18-11-5-4-9(14)7-10(11)15/h4-7H,3H2,1-2H3,(H2,16,17,18,19). The molecule has 0 atom stereocenters. The van der Waals surface area contributed by atoms with E-state index in [2.05, 4.69) is 20.6 Å². The average Bonchev–Trinajstić information content (AvgIpc) is 2.32. The van der Waals surface area contributed by atoms with Crippen LogP contribution in [0.2, 0.25) is 10.0 Å². The minimum absolute atomic E-state index is 0.550. The number of halogens is 2. The fraction of sp³-hybridized carbons (Fsp3) is 0.231. The van der Waals surface area contributed by atoms with E-state index in [1.165, 1.54) is 0 Å². The second-order valence-electron chi connectivity index (χ2n) is 4.00. The first kappa shape index (κ1) is 13.9. The minimum atomic E-state index is 0.550. The van der Waals surface area contributed by atoms with Crippen molar-refractivity contribution in [3.05, 3.63) is 40.0 Å². The highest BCUT2D eigenvalue weighted by atomic mass is 35.5. The molecule has 0 aliphatic rings. The summed E-state index contributed by atoms with van der Waals surface area (Å²) in [4.78, 5) is 8.64. The van der Waals surface area contributed by atoms with Crippen LogP contribution < -0.4 is 10.6 Å². The molecule has 1 aromatic carbocycles. The molecule has 0 saturated heterocycles. The first-order valence-electron chi connectivity index (χ1n) is 5.90. The molecule has 6 heteroatoms. The molecule has 0 fully saturated rings. The lowest BCUT2D eigenvalue weighted by Gasteiger charge is -2.10. The van der Waals surface area contributed by atoms with Crippen molar-refractivity contribution in [3.8, 4) is 0 Å². The van der Waals surface area contributed by atoms with Gasteiger partial charge in [0.25, 0.3) is 0 Å². The average molecular weight is 297 g/mol. The predicted octanol–water partition coefficient (Wildman–Crippen LogP) is 4.27. The lowest BCUT2D eigenvalue weighted by molar-refractivity contribution is 1.05. The molecule has 0 radical (unpaired) electrons. The van der Waals surface area contributed by atoms with Gasteiger partial charge < -0.3 is 10.6 Å². The zero-order valence-corrected chi connectivity index (χ0v) is 12.2. The van der Waals surface area contributed by atoms with Crippen molar-refractivity contribution in [2.24, 2.45) is 0 Å². The fourth-order valence-electron chi connectivity index (χ4n) is 1.60. The maximum absolute atomic E-state index is 6.11. The van der Waals surface area contributed by atoms with Gasteiger partial charge in [0.15, 0.2) is 0 Å². The van der Waals surface area contributed by atoms with Gasteiger partial charge >= 0.3 is 0 Å². The van der Waals surface area contributed by atoms with Crippen LogP contribution in [0.3, 0.4) is 0 Å². The van der Waals surface area contributed by atoms with Crippen molar-refractivity contribution in [2.45, 2.75) is 13.8 Å². The Kier molecular flexibility index (Phi) is 4.45. The first-order valence-corrected chi connectivity index (χ1v) is 6.65. The molecule has 2 rings (SSSR count). The van der Waals surface area contributed by atoms with Gasteiger partial charge in [-0.1, -0.05) is 23.2 Å². The molecule has 4 nitrogen and oxygen atoms in total. The summed E-state index contributed by atoms with van der Waals surface area (Å²) in [5.41, 5.74) is 1.63. The lowest BCUT2D eigenvalue weighted by atomic mass is 10.3. The summed E-state index contributed by atoms with van der Waals surface area (Å²) >= 11 is 12.0. The number of rotatable bonds is 4. The Morgan fingerprint density at radius 1 is 1.16 bits per heavy atom. The third kappa shape index (κ3) is 3.72. The molecule has 0 aliphatic heterocycles. The predicted molar refractivity (Wildman–Crippen MR) is 80.7 cm³/mol. The second-order valence-corrected chi connectivity index (χ2v) is 4.84. The monoisotopic (exact) mass is 296 g/mol. The van der Waals surface area contributed by atoms with Crippen LogP contribution in [0.15, 0.2) is 24.3 Å². The lowest BCUT2D eigenvalue weighted by Crippen LogP contribution is -2.05. The molecule has 1 aromatic heterocycles. The van der Waals surface area contributed by atoms with Crippen LogP contribution in [0.1, 0.15) is 12.6 Å². The molecule has 2 aromatic rings. The highest BCUT2D eigenvalue weighted by Gasteiger charge is 2.05. The van der Waals surface area contributed by atoms with E-state index >= 15 is 0 Å². The molecule has 100 valence electrons. The summed E-state index contributed by atoms with van der Waals surface area (Å²) in [6, 6.07) is 7.13. The van der Waals surface area contributed by atoms with Crippen LogP contribution in [-0.2, 0) is 0 Å². The van der Waals surface area contributed by atoms with Crippen molar-refractivity contribution in [3.63, 3.8) is 0 Å². The molecule has 0 aliphatic carbocycles. The van der Waals surface area contributed by atoms with Crippen molar-refractivity contribution in [2.75, 3.05) is 17.2 Å². The molecule has 0 spiro atoms. The van der Waals surface area contributed by atoms with E-state index in [0.29, 0.717) is 21.8 Å². The number of anilines is 3. The van der Waals surface area contributed by atoms with Crippen LogP contribution in [0.5, 0.6) is 0 Å². The Labute approximate surface area is 122 Å². The van der Waals surface area contributed by atoms with Crippen LogP contribution in [0.25, 0.3) is 0 Å². The summed E-state index contributed by atoms with van der Waals surface area (Å²) in [7, 11) is 0. The van der Waals surface area contributed by atoms with Gasteiger partial charge in [-0.2, -0.15) is 4.98 Å². The van der Waals surface area contributed by atoms with Gasteiger partial charge in [-0.3, -0.25) is 0 Å². The maximum Gasteiger partial charge on any atom is 0.224 e. The van der Waals surface area contributed by atoms with Gasteiger partial charge in [0.05, 0.1) is 10.7 Å². The normalized spacial score (nSPS) is 10.3. The molecular weight excluding hydrogens is 283 g/mol. The molecule has 19 heavy (non-hydrogen) atoms. The Hall–Kier alpha value is -1.52. The summed E-state index contributed by atoms with van der Waals surface area (Å²) in [5.74, 6) is 1.28. The van der Waals surface area contributed by atoms with Crippen molar-refractivity contribution >= 4 is 40.7 Å². The van der Waals surface area contributed by atoms with Crippen molar-refractivity contribution < 1.29 is 0 Å². The third-order valence-corrected chi connectivity index (χ3v) is 2.93. The molecule has 2 N–H and O–H groups in total. The smallest absolute Gasteiger partial charge is 0.224 e. The van der Waals surface area contributed by atoms with Crippen LogP contribution in [0, 0.1) is 6.92 Å². The number of hydrogen-bond donors (Lipinski definition) is 2. The number of nitrogens with one attached hydrogen (secondary N) is 2. The zero-order valence-electron chi connectivity index (χ0n) is 10.7. The highest BCUT2D eigenvalue weighted by molar-refractivity contribution is 6.36. The van der Waals surface area contributed by atoms with Gasteiger partial charge in [-0.25, -0.2) is 4.98 Å². The second kappa shape index (κ2) is 6.08. The van der Waals surface area contributed by atoms with Gasteiger partial charge in [-0.15, -0.1) is 0 Å². The van der Waals surface area contributed by atoms with E-state index in [1.54, 1.807) is 12.1 Å². The number of nitrogens with zero attached hydrogens (tertiary/aromatic N) is 2. The van der Waals surface area contributed by atoms with E-state index in [-0.39, 0.29) is 0 Å². The highest BCUT2D eigenvalue weighted by Crippen LogP contribution is 2.28. The number of benzene rings is 1. The fourth-order valence-corrected chi connectivity index (χ4v) is 2.05. The maximum atomic E-state index is 6.11. The van der Waals surface area contributed by atoms with E-state index in [4.69, 9.17) is 23.2 Å². The Bertz CT molecular complexity index is 587. The van der Waals surface area contributed by atoms with Gasteiger partial charge in [0.2, 0.25) is 5.95 Å². The van der Waals surface area contributed by atoms with Gasteiger partial charge in [-0.05, 0) is 32.0 Å². The van der Waals surface area contributed by atoms with E-state index in [0.717, 1.165) is 17.9 Å². The zero-order chi connectivity index (χ0) is 13.8. The third-order valence-electron chi connectivity index (χ3n) is 2.38. The number of hydrogen-bond acceptors (Lipinski definition) is 4.